The first kappa shape index (κ1) is 23.6. The maximum atomic E-state index is 12.6. The fourth-order valence-corrected chi connectivity index (χ4v) is 4.81. The molecule has 0 saturated carbocycles. The number of nitrogens with zero attached hydrogens (tertiary/aromatic N) is 3. The molecule has 0 bridgehead atoms. The van der Waals surface area contributed by atoms with E-state index in [0.29, 0.717) is 0 Å². The summed E-state index contributed by atoms with van der Waals surface area (Å²) in [5.41, 5.74) is 3.04. The zero-order valence-corrected chi connectivity index (χ0v) is 21.3. The SMILES string of the molecule is CSc1cccc(NC(=O)CSc2nnc(-c3ccc(Br)cc3)n2CCc2ccccc2)c1. The van der Waals surface area contributed by atoms with E-state index in [2.05, 4.69) is 48.1 Å². The summed E-state index contributed by atoms with van der Waals surface area (Å²) in [7, 11) is 0. The fraction of sp³-hybridized carbons (Fsp3) is 0.160. The van der Waals surface area contributed by atoms with Crippen molar-refractivity contribution in [2.45, 2.75) is 23.0 Å². The van der Waals surface area contributed by atoms with Crippen molar-refractivity contribution in [1.82, 2.24) is 14.8 Å². The molecule has 1 amide bonds. The molecule has 4 aromatic rings. The predicted octanol–water partition coefficient (Wildman–Crippen LogP) is 6.40. The second-order valence-electron chi connectivity index (χ2n) is 7.27. The topological polar surface area (TPSA) is 59.8 Å². The van der Waals surface area contributed by atoms with Gasteiger partial charge in [-0.05, 0) is 48.6 Å². The minimum Gasteiger partial charge on any atom is -0.325 e. The van der Waals surface area contributed by atoms with Crippen molar-refractivity contribution in [2.75, 3.05) is 17.3 Å². The number of anilines is 1. The van der Waals surface area contributed by atoms with Gasteiger partial charge in [0.25, 0.3) is 0 Å². The third-order valence-electron chi connectivity index (χ3n) is 4.97. The smallest absolute Gasteiger partial charge is 0.234 e. The molecule has 1 N–H and O–H groups in total. The highest BCUT2D eigenvalue weighted by molar-refractivity contribution is 9.10. The Morgan fingerprint density at radius 1 is 1.00 bits per heavy atom. The highest BCUT2D eigenvalue weighted by atomic mass is 79.9. The van der Waals surface area contributed by atoms with E-state index >= 15 is 0 Å². The number of rotatable bonds is 9. The normalized spacial score (nSPS) is 10.8. The van der Waals surface area contributed by atoms with E-state index in [1.165, 1.54) is 17.3 Å². The Morgan fingerprint density at radius 2 is 1.79 bits per heavy atom. The number of benzene rings is 3. The van der Waals surface area contributed by atoms with Crippen LogP contribution >= 0.6 is 39.5 Å². The van der Waals surface area contributed by atoms with E-state index in [4.69, 9.17) is 0 Å². The Kier molecular flexibility index (Phi) is 8.25. The average Bonchev–Trinajstić information content (AvgIpc) is 3.25. The number of hydrogen-bond donors (Lipinski definition) is 1. The maximum absolute atomic E-state index is 12.6. The molecule has 3 aromatic carbocycles. The van der Waals surface area contributed by atoms with Gasteiger partial charge in [0.05, 0.1) is 5.75 Å². The predicted molar refractivity (Wildman–Crippen MR) is 141 cm³/mol. The lowest BCUT2D eigenvalue weighted by molar-refractivity contribution is -0.113. The van der Waals surface area contributed by atoms with Gasteiger partial charge in [0.2, 0.25) is 5.91 Å². The van der Waals surface area contributed by atoms with Crippen LogP contribution in [0.4, 0.5) is 5.69 Å². The zero-order valence-electron chi connectivity index (χ0n) is 18.1. The average molecular weight is 540 g/mol. The monoisotopic (exact) mass is 538 g/mol. The summed E-state index contributed by atoms with van der Waals surface area (Å²) >= 11 is 6.53. The first-order valence-electron chi connectivity index (χ1n) is 10.4. The number of amides is 1. The first-order valence-corrected chi connectivity index (χ1v) is 13.4. The summed E-state index contributed by atoms with van der Waals surface area (Å²) in [5.74, 6) is 0.989. The fourth-order valence-electron chi connectivity index (χ4n) is 3.32. The second-order valence-corrected chi connectivity index (χ2v) is 10.0. The molecule has 0 aliphatic rings. The molecule has 5 nitrogen and oxygen atoms in total. The third kappa shape index (κ3) is 6.50. The van der Waals surface area contributed by atoms with Gasteiger partial charge in [0, 0.05) is 27.2 Å². The Labute approximate surface area is 210 Å². The molecule has 1 aromatic heterocycles. The van der Waals surface area contributed by atoms with E-state index in [0.717, 1.165) is 44.6 Å². The summed E-state index contributed by atoms with van der Waals surface area (Å²) in [6.45, 7) is 0.724. The third-order valence-corrected chi connectivity index (χ3v) is 7.19. The van der Waals surface area contributed by atoms with Gasteiger partial charge in [0.15, 0.2) is 11.0 Å². The second kappa shape index (κ2) is 11.5. The molecule has 0 spiro atoms. The van der Waals surface area contributed by atoms with Gasteiger partial charge < -0.3 is 9.88 Å². The molecule has 33 heavy (non-hydrogen) atoms. The molecule has 8 heteroatoms. The lowest BCUT2D eigenvalue weighted by Gasteiger charge is -2.11. The quantitative estimate of drug-likeness (QED) is 0.250. The number of aryl methyl sites for hydroxylation is 1. The number of carbonyl (C=O) groups excluding carboxylic acids is 1. The number of aromatic nitrogens is 3. The minimum atomic E-state index is -0.0685. The molecule has 4 rings (SSSR count). The molecule has 1 heterocycles. The molecule has 0 radical (unpaired) electrons. The van der Waals surface area contributed by atoms with Gasteiger partial charge >= 0.3 is 0 Å². The number of hydrogen-bond acceptors (Lipinski definition) is 5. The summed E-state index contributed by atoms with van der Waals surface area (Å²) in [6, 6.07) is 26.2. The van der Waals surface area contributed by atoms with Crippen LogP contribution in [0.5, 0.6) is 0 Å². The molecule has 0 aliphatic heterocycles. The van der Waals surface area contributed by atoms with E-state index in [9.17, 15) is 4.79 Å². The maximum Gasteiger partial charge on any atom is 0.234 e. The van der Waals surface area contributed by atoms with Gasteiger partial charge in [-0.3, -0.25) is 4.79 Å². The molecular weight excluding hydrogens is 516 g/mol. The molecule has 168 valence electrons. The van der Waals surface area contributed by atoms with Crippen molar-refractivity contribution in [1.29, 1.82) is 0 Å². The largest absolute Gasteiger partial charge is 0.325 e. The van der Waals surface area contributed by atoms with Gasteiger partial charge in [0.1, 0.15) is 0 Å². The highest BCUT2D eigenvalue weighted by Gasteiger charge is 2.16. The molecular formula is C25H23BrN4OS2. The van der Waals surface area contributed by atoms with Crippen molar-refractivity contribution in [3.8, 4) is 11.4 Å². The summed E-state index contributed by atoms with van der Waals surface area (Å²) in [6.07, 6.45) is 2.87. The van der Waals surface area contributed by atoms with Crippen LogP contribution in [0.3, 0.4) is 0 Å². The first-order chi connectivity index (χ1) is 16.1. The van der Waals surface area contributed by atoms with E-state index < -0.39 is 0 Å². The van der Waals surface area contributed by atoms with E-state index in [-0.39, 0.29) is 11.7 Å². The van der Waals surface area contributed by atoms with Crippen molar-refractivity contribution >= 4 is 51.0 Å². The minimum absolute atomic E-state index is 0.0685. The van der Waals surface area contributed by atoms with Crippen LogP contribution in [-0.2, 0) is 17.8 Å². The number of nitrogens with one attached hydrogen (secondary N) is 1. The van der Waals surface area contributed by atoms with Gasteiger partial charge in [-0.15, -0.1) is 22.0 Å². The van der Waals surface area contributed by atoms with Crippen LogP contribution in [0.25, 0.3) is 11.4 Å². The molecule has 0 saturated heterocycles. The van der Waals surface area contributed by atoms with Gasteiger partial charge in [-0.2, -0.15) is 0 Å². The van der Waals surface area contributed by atoms with Crippen LogP contribution in [-0.4, -0.2) is 32.7 Å². The molecule has 0 atom stereocenters. The van der Waals surface area contributed by atoms with Crippen molar-refractivity contribution in [2.24, 2.45) is 0 Å². The molecule has 0 fully saturated rings. The Balaban J connectivity index is 1.50. The van der Waals surface area contributed by atoms with Crippen LogP contribution in [0, 0.1) is 0 Å². The number of thioether (sulfide) groups is 2. The molecule has 0 unspecified atom stereocenters. The standard InChI is InChI=1S/C25H23BrN4OS2/c1-32-22-9-5-8-21(16-22)27-23(31)17-33-25-29-28-24(19-10-12-20(26)13-11-19)30(25)15-14-18-6-3-2-4-7-18/h2-13,16H,14-15,17H2,1H3,(H,27,31). The van der Waals surface area contributed by atoms with Crippen LogP contribution in [0.1, 0.15) is 5.56 Å². The lowest BCUT2D eigenvalue weighted by Crippen LogP contribution is -2.15. The van der Waals surface area contributed by atoms with Crippen molar-refractivity contribution < 1.29 is 4.79 Å². The van der Waals surface area contributed by atoms with E-state index in [1.54, 1.807) is 11.8 Å². The van der Waals surface area contributed by atoms with Crippen LogP contribution in [0.2, 0.25) is 0 Å². The summed E-state index contributed by atoms with van der Waals surface area (Å²) in [5, 5.41) is 12.6. The number of halogens is 1. The van der Waals surface area contributed by atoms with Crippen molar-refractivity contribution in [3.05, 3.63) is 88.9 Å². The summed E-state index contributed by atoms with van der Waals surface area (Å²) < 4.78 is 3.11. The molecule has 0 aliphatic carbocycles. The van der Waals surface area contributed by atoms with Gasteiger partial charge in [-0.1, -0.05) is 76.2 Å². The van der Waals surface area contributed by atoms with Gasteiger partial charge in [-0.25, -0.2) is 0 Å². The highest BCUT2D eigenvalue weighted by Crippen LogP contribution is 2.26. The number of carbonyl (C=O) groups is 1. The van der Waals surface area contributed by atoms with Crippen LogP contribution in [0.15, 0.2) is 93.4 Å². The zero-order chi connectivity index (χ0) is 23.0. The Morgan fingerprint density at radius 3 is 2.55 bits per heavy atom. The summed E-state index contributed by atoms with van der Waals surface area (Å²) in [4.78, 5) is 13.7. The Bertz CT molecular complexity index is 1210. The van der Waals surface area contributed by atoms with E-state index in [1.807, 2.05) is 73.0 Å². The van der Waals surface area contributed by atoms with Crippen LogP contribution < -0.4 is 5.32 Å². The lowest BCUT2D eigenvalue weighted by atomic mass is 10.1. The van der Waals surface area contributed by atoms with Crippen molar-refractivity contribution in [3.63, 3.8) is 0 Å². The Hall–Kier alpha value is -2.55.